The van der Waals surface area contributed by atoms with Crippen LogP contribution in [-0.2, 0) is 19.1 Å². The number of Topliss-reactive ketones (excluding diaryl/α,β-unsaturated/α-hetero) is 1. The van der Waals surface area contributed by atoms with Gasteiger partial charge in [0.25, 0.3) is 0 Å². The van der Waals surface area contributed by atoms with Crippen molar-refractivity contribution in [3.63, 3.8) is 0 Å². The van der Waals surface area contributed by atoms with Crippen molar-refractivity contribution in [3.05, 3.63) is 0 Å². The molecule has 0 bridgehead atoms. The fraction of sp³-hybridized carbons (Fsp3) is 0.857. The number of hydrogen-bond acceptors (Lipinski definition) is 7. The van der Waals surface area contributed by atoms with Crippen LogP contribution in [0.4, 0.5) is 0 Å². The molecule has 21 heavy (non-hydrogen) atoms. The van der Waals surface area contributed by atoms with Gasteiger partial charge in [-0.25, -0.2) is 0 Å². The molecule has 0 aliphatic carbocycles. The first-order valence-corrected chi connectivity index (χ1v) is 7.37. The number of ketones is 1. The summed E-state index contributed by atoms with van der Waals surface area (Å²) < 4.78 is 9.53. The van der Waals surface area contributed by atoms with Gasteiger partial charge in [0.2, 0.25) is 5.78 Å². The van der Waals surface area contributed by atoms with E-state index in [4.69, 9.17) is 14.6 Å². The molecule has 7 heteroatoms. The molecule has 3 atom stereocenters. The number of rotatable bonds is 8. The Morgan fingerprint density at radius 1 is 1.38 bits per heavy atom. The van der Waals surface area contributed by atoms with Gasteiger partial charge in [-0.1, -0.05) is 32.6 Å². The van der Waals surface area contributed by atoms with Gasteiger partial charge in [0.15, 0.2) is 0 Å². The Labute approximate surface area is 123 Å². The van der Waals surface area contributed by atoms with Gasteiger partial charge < -0.3 is 24.8 Å². The third-order valence-corrected chi connectivity index (χ3v) is 3.40. The lowest BCUT2D eigenvalue weighted by Gasteiger charge is -2.36. The van der Waals surface area contributed by atoms with Crippen molar-refractivity contribution in [2.45, 2.75) is 70.1 Å². The number of carbonyl (C=O) groups excluding carboxylic acids is 2. The van der Waals surface area contributed by atoms with Gasteiger partial charge >= 0.3 is 11.9 Å². The van der Waals surface area contributed by atoms with Gasteiger partial charge in [-0.15, -0.1) is 0 Å². The molecule has 0 aromatic heterocycles. The molecule has 1 fully saturated rings. The second-order valence-corrected chi connectivity index (χ2v) is 5.25. The van der Waals surface area contributed by atoms with E-state index in [9.17, 15) is 19.8 Å². The fourth-order valence-corrected chi connectivity index (χ4v) is 2.12. The average Bonchev–Trinajstić information content (AvgIpc) is 2.43. The molecule has 1 aliphatic heterocycles. The zero-order chi connectivity index (χ0) is 15.9. The minimum atomic E-state index is -2.70. The molecular formula is C14H24O7. The minimum absolute atomic E-state index is 0.0784. The van der Waals surface area contributed by atoms with Crippen LogP contribution in [0, 0.1) is 0 Å². The van der Waals surface area contributed by atoms with Gasteiger partial charge in [0, 0.05) is 12.8 Å². The van der Waals surface area contributed by atoms with Gasteiger partial charge in [-0.2, -0.15) is 0 Å². The van der Waals surface area contributed by atoms with Crippen molar-refractivity contribution in [3.8, 4) is 0 Å². The normalized spacial score (nSPS) is 29.4. The first-order valence-electron chi connectivity index (χ1n) is 7.37. The Kier molecular flexibility index (Phi) is 7.24. The molecule has 0 unspecified atom stereocenters. The standard InChI is InChI=1S/C14H24O7/c1-2-3-4-5-6-7-13(18)21-14(19)12(17)8-10(16)11(9-15)20-14/h10-11,15-16,19H,2-9H2,1H3/t10-,11+,14-/m0/s1. The largest absolute Gasteiger partial charge is 0.402 e. The lowest BCUT2D eigenvalue weighted by Crippen LogP contribution is -2.57. The molecular weight excluding hydrogens is 280 g/mol. The molecule has 0 spiro atoms. The summed E-state index contributed by atoms with van der Waals surface area (Å²) in [5.41, 5.74) is 0. The lowest BCUT2D eigenvalue weighted by atomic mass is 10.0. The van der Waals surface area contributed by atoms with Gasteiger partial charge in [-0.3, -0.25) is 9.59 Å². The zero-order valence-electron chi connectivity index (χ0n) is 12.3. The van der Waals surface area contributed by atoms with Crippen LogP contribution >= 0.6 is 0 Å². The summed E-state index contributed by atoms with van der Waals surface area (Å²) in [4.78, 5) is 23.3. The van der Waals surface area contributed by atoms with Crippen molar-refractivity contribution in [1.29, 1.82) is 0 Å². The maximum atomic E-state index is 11.6. The maximum Gasteiger partial charge on any atom is 0.391 e. The third-order valence-electron chi connectivity index (χ3n) is 3.40. The van der Waals surface area contributed by atoms with E-state index in [2.05, 4.69) is 6.92 Å². The lowest BCUT2D eigenvalue weighted by molar-refractivity contribution is -0.354. The SMILES string of the molecule is CCCCCCCC(=O)O[C@@]1(O)O[C@H](CO)[C@@H](O)CC1=O. The van der Waals surface area contributed by atoms with E-state index in [1.54, 1.807) is 0 Å². The molecule has 1 heterocycles. The predicted molar refractivity (Wildman–Crippen MR) is 72.0 cm³/mol. The smallest absolute Gasteiger partial charge is 0.391 e. The molecule has 0 aromatic carbocycles. The highest BCUT2D eigenvalue weighted by Crippen LogP contribution is 2.26. The van der Waals surface area contributed by atoms with Crippen LogP contribution in [0.1, 0.15) is 51.9 Å². The van der Waals surface area contributed by atoms with Crippen LogP contribution in [0.2, 0.25) is 0 Å². The number of hydrogen-bond donors (Lipinski definition) is 3. The van der Waals surface area contributed by atoms with Crippen molar-refractivity contribution in [2.24, 2.45) is 0 Å². The number of aliphatic hydroxyl groups excluding tert-OH is 2. The summed E-state index contributed by atoms with van der Waals surface area (Å²) in [5, 5.41) is 28.4. The summed E-state index contributed by atoms with van der Waals surface area (Å²) in [6.07, 6.45) is 1.93. The Morgan fingerprint density at radius 2 is 2.05 bits per heavy atom. The van der Waals surface area contributed by atoms with Crippen LogP contribution in [-0.4, -0.2) is 51.9 Å². The van der Waals surface area contributed by atoms with Crippen molar-refractivity contribution in [1.82, 2.24) is 0 Å². The number of aliphatic hydroxyl groups is 3. The molecule has 1 rings (SSSR count). The number of unbranched alkanes of at least 4 members (excludes halogenated alkanes) is 4. The molecule has 122 valence electrons. The highest BCUT2D eigenvalue weighted by Gasteiger charge is 2.50. The first kappa shape index (κ1) is 18.0. The van der Waals surface area contributed by atoms with Gasteiger partial charge in [0.05, 0.1) is 12.7 Å². The molecule has 7 nitrogen and oxygen atoms in total. The fourth-order valence-electron chi connectivity index (χ4n) is 2.12. The van der Waals surface area contributed by atoms with Crippen LogP contribution in [0.3, 0.4) is 0 Å². The summed E-state index contributed by atoms with van der Waals surface area (Å²) in [5.74, 6) is -4.37. The predicted octanol–water partition coefficient (Wildman–Crippen LogP) is 0.247. The monoisotopic (exact) mass is 304 g/mol. The molecule has 0 amide bonds. The zero-order valence-corrected chi connectivity index (χ0v) is 12.3. The highest BCUT2D eigenvalue weighted by atomic mass is 16.8. The maximum absolute atomic E-state index is 11.6. The summed E-state index contributed by atoms with van der Waals surface area (Å²) >= 11 is 0. The van der Waals surface area contributed by atoms with Crippen molar-refractivity contribution >= 4 is 11.8 Å². The van der Waals surface area contributed by atoms with E-state index in [1.807, 2.05) is 0 Å². The van der Waals surface area contributed by atoms with Crippen LogP contribution in [0.15, 0.2) is 0 Å². The Morgan fingerprint density at radius 3 is 2.67 bits per heavy atom. The molecule has 0 aromatic rings. The van der Waals surface area contributed by atoms with E-state index in [0.717, 1.165) is 25.7 Å². The first-order chi connectivity index (χ1) is 9.92. The van der Waals surface area contributed by atoms with E-state index in [0.29, 0.717) is 6.42 Å². The van der Waals surface area contributed by atoms with Gasteiger partial charge in [0.1, 0.15) is 6.10 Å². The molecule has 1 saturated heterocycles. The van der Waals surface area contributed by atoms with Gasteiger partial charge in [-0.05, 0) is 6.42 Å². The number of esters is 1. The Hall–Kier alpha value is -1.02. The summed E-state index contributed by atoms with van der Waals surface area (Å²) in [6, 6.07) is 0. The van der Waals surface area contributed by atoms with E-state index < -0.39 is 43.0 Å². The number of ether oxygens (including phenoxy) is 2. The molecule has 0 radical (unpaired) electrons. The second-order valence-electron chi connectivity index (χ2n) is 5.25. The summed E-state index contributed by atoms with van der Waals surface area (Å²) in [7, 11) is 0. The van der Waals surface area contributed by atoms with Crippen LogP contribution < -0.4 is 0 Å². The summed E-state index contributed by atoms with van der Waals surface area (Å²) in [6.45, 7) is 1.49. The molecule has 0 saturated carbocycles. The van der Waals surface area contributed by atoms with Crippen molar-refractivity contribution < 1.29 is 34.4 Å². The Bertz CT molecular complexity index is 357. The third kappa shape index (κ3) is 5.35. The van der Waals surface area contributed by atoms with E-state index in [1.165, 1.54) is 0 Å². The second kappa shape index (κ2) is 8.43. The average molecular weight is 304 g/mol. The van der Waals surface area contributed by atoms with Crippen LogP contribution in [0.5, 0.6) is 0 Å². The highest BCUT2D eigenvalue weighted by molar-refractivity contribution is 5.87. The Balaban J connectivity index is 2.43. The van der Waals surface area contributed by atoms with E-state index in [-0.39, 0.29) is 6.42 Å². The quantitative estimate of drug-likeness (QED) is 0.334. The minimum Gasteiger partial charge on any atom is -0.402 e. The van der Waals surface area contributed by atoms with Crippen LogP contribution in [0.25, 0.3) is 0 Å². The topological polar surface area (TPSA) is 113 Å². The molecule has 3 N–H and O–H groups in total. The van der Waals surface area contributed by atoms with E-state index >= 15 is 0 Å². The van der Waals surface area contributed by atoms with Crippen molar-refractivity contribution in [2.75, 3.05) is 6.61 Å². The molecule has 1 aliphatic rings. The number of carbonyl (C=O) groups is 2.